The lowest BCUT2D eigenvalue weighted by Gasteiger charge is -2.37. The fraction of sp³-hybridized carbons (Fsp3) is 0.304. The lowest BCUT2D eigenvalue weighted by Crippen LogP contribution is -2.47. The number of carbonyl (C=O) groups excluding carboxylic acids is 1. The number of halogens is 2. The molecular formula is C23H21ClFN3O3. The minimum Gasteiger partial charge on any atom is -0.347 e. The van der Waals surface area contributed by atoms with Gasteiger partial charge in [-0.3, -0.25) is 4.79 Å². The molecular weight excluding hydrogens is 421 g/mol. The molecule has 1 amide bonds. The van der Waals surface area contributed by atoms with E-state index in [2.05, 4.69) is 5.10 Å². The van der Waals surface area contributed by atoms with Crippen molar-refractivity contribution in [2.24, 2.45) is 0 Å². The highest BCUT2D eigenvalue weighted by Gasteiger charge is 2.41. The van der Waals surface area contributed by atoms with Gasteiger partial charge in [-0.2, -0.15) is 5.10 Å². The molecule has 2 aliphatic heterocycles. The van der Waals surface area contributed by atoms with Gasteiger partial charge >= 0.3 is 0 Å². The lowest BCUT2D eigenvalue weighted by atomic mass is 10.0. The van der Waals surface area contributed by atoms with Crippen molar-refractivity contribution >= 4 is 17.5 Å². The normalized spacial score (nSPS) is 17.9. The molecule has 0 unspecified atom stereocenters. The molecule has 0 aliphatic carbocycles. The molecule has 31 heavy (non-hydrogen) atoms. The highest BCUT2D eigenvalue weighted by molar-refractivity contribution is 6.30. The standard InChI is InChI=1S/C23H21ClFN3O3/c24-16-5-7-17(8-6-16)28-21(15-20(26-28)18-3-1-2-4-19(18)25)22(29)27-11-9-23(10-12-27)30-13-14-31-23/h1-8,15H,9-14H2. The van der Waals surface area contributed by atoms with Crippen LogP contribution in [-0.2, 0) is 9.47 Å². The van der Waals surface area contributed by atoms with Crippen LogP contribution in [0.5, 0.6) is 0 Å². The van der Waals surface area contributed by atoms with Gasteiger partial charge in [0.15, 0.2) is 5.79 Å². The monoisotopic (exact) mass is 441 g/mol. The SMILES string of the molecule is O=C(c1cc(-c2ccccc2F)nn1-c1ccc(Cl)cc1)N1CCC2(CC1)OCCO2. The second-order valence-corrected chi connectivity index (χ2v) is 8.12. The number of hydrogen-bond donors (Lipinski definition) is 0. The van der Waals surface area contributed by atoms with Gasteiger partial charge in [-0.25, -0.2) is 9.07 Å². The zero-order chi connectivity index (χ0) is 21.4. The number of nitrogens with zero attached hydrogens (tertiary/aromatic N) is 3. The maximum absolute atomic E-state index is 14.4. The summed E-state index contributed by atoms with van der Waals surface area (Å²) in [6.07, 6.45) is 1.24. The summed E-state index contributed by atoms with van der Waals surface area (Å²) < 4.78 is 27.5. The number of aromatic nitrogens is 2. The summed E-state index contributed by atoms with van der Waals surface area (Å²) >= 11 is 6.03. The average Bonchev–Trinajstić information content (AvgIpc) is 3.42. The molecule has 160 valence electrons. The molecule has 5 rings (SSSR count). The summed E-state index contributed by atoms with van der Waals surface area (Å²) in [5.74, 6) is -1.12. The summed E-state index contributed by atoms with van der Waals surface area (Å²) in [6, 6.07) is 15.1. The number of amides is 1. The first-order valence-electron chi connectivity index (χ1n) is 10.2. The fourth-order valence-electron chi connectivity index (χ4n) is 4.11. The van der Waals surface area contributed by atoms with Gasteiger partial charge in [-0.05, 0) is 42.5 Å². The predicted molar refractivity (Wildman–Crippen MR) is 114 cm³/mol. The van der Waals surface area contributed by atoms with Crippen molar-refractivity contribution in [3.05, 3.63) is 71.1 Å². The zero-order valence-corrected chi connectivity index (χ0v) is 17.5. The maximum Gasteiger partial charge on any atom is 0.272 e. The van der Waals surface area contributed by atoms with Gasteiger partial charge in [-0.15, -0.1) is 0 Å². The van der Waals surface area contributed by atoms with Crippen molar-refractivity contribution in [2.45, 2.75) is 18.6 Å². The van der Waals surface area contributed by atoms with Crippen LogP contribution in [0, 0.1) is 5.82 Å². The number of carbonyl (C=O) groups is 1. The first kappa shape index (κ1) is 20.2. The minimum absolute atomic E-state index is 0.169. The molecule has 0 N–H and O–H groups in total. The molecule has 0 atom stereocenters. The van der Waals surface area contributed by atoms with E-state index in [4.69, 9.17) is 21.1 Å². The molecule has 6 nitrogen and oxygen atoms in total. The third-order valence-corrected chi connectivity index (χ3v) is 6.03. The third kappa shape index (κ3) is 3.84. The summed E-state index contributed by atoms with van der Waals surface area (Å²) in [5.41, 5.74) is 1.78. The van der Waals surface area contributed by atoms with Crippen LogP contribution in [0.2, 0.25) is 5.02 Å². The Bertz CT molecular complexity index is 1100. The number of ether oxygens (including phenoxy) is 2. The second kappa shape index (κ2) is 8.07. The first-order valence-corrected chi connectivity index (χ1v) is 10.6. The Hall–Kier alpha value is -2.74. The van der Waals surface area contributed by atoms with Crippen molar-refractivity contribution in [2.75, 3.05) is 26.3 Å². The molecule has 3 aromatic rings. The van der Waals surface area contributed by atoms with Crippen LogP contribution in [0.25, 0.3) is 16.9 Å². The molecule has 0 bridgehead atoms. The predicted octanol–water partition coefficient (Wildman–Crippen LogP) is 4.31. The van der Waals surface area contributed by atoms with E-state index in [0.29, 0.717) is 66.8 Å². The number of benzene rings is 2. The first-order chi connectivity index (χ1) is 15.0. The number of rotatable bonds is 3. The van der Waals surface area contributed by atoms with Crippen molar-refractivity contribution in [1.29, 1.82) is 0 Å². The third-order valence-electron chi connectivity index (χ3n) is 5.78. The summed E-state index contributed by atoms with van der Waals surface area (Å²) in [7, 11) is 0. The fourth-order valence-corrected chi connectivity index (χ4v) is 4.24. The Morgan fingerprint density at radius 1 is 1.03 bits per heavy atom. The second-order valence-electron chi connectivity index (χ2n) is 7.68. The van der Waals surface area contributed by atoms with Gasteiger partial charge in [0.05, 0.1) is 24.6 Å². The van der Waals surface area contributed by atoms with Crippen molar-refractivity contribution in [3.8, 4) is 16.9 Å². The lowest BCUT2D eigenvalue weighted by molar-refractivity contribution is -0.181. The molecule has 1 spiro atoms. The quantitative estimate of drug-likeness (QED) is 0.607. The summed E-state index contributed by atoms with van der Waals surface area (Å²) in [6.45, 7) is 2.20. The Morgan fingerprint density at radius 3 is 2.39 bits per heavy atom. The molecule has 0 saturated carbocycles. The Kier molecular flexibility index (Phi) is 5.25. The van der Waals surface area contributed by atoms with Crippen molar-refractivity contribution in [3.63, 3.8) is 0 Å². The Morgan fingerprint density at radius 2 is 1.71 bits per heavy atom. The maximum atomic E-state index is 14.4. The molecule has 2 aliphatic rings. The van der Waals surface area contributed by atoms with Gasteiger partial charge in [0.1, 0.15) is 11.5 Å². The molecule has 2 aromatic carbocycles. The molecule has 2 fully saturated rings. The van der Waals surface area contributed by atoms with Crippen molar-refractivity contribution in [1.82, 2.24) is 14.7 Å². The Labute approximate surface area is 184 Å². The van der Waals surface area contributed by atoms with E-state index >= 15 is 0 Å². The van der Waals surface area contributed by atoms with Gasteiger partial charge in [0.2, 0.25) is 0 Å². The largest absolute Gasteiger partial charge is 0.347 e. The van der Waals surface area contributed by atoms with Crippen LogP contribution in [0.1, 0.15) is 23.3 Å². The molecule has 3 heterocycles. The minimum atomic E-state index is -0.564. The van der Waals surface area contributed by atoms with Crippen LogP contribution >= 0.6 is 11.6 Å². The van der Waals surface area contributed by atoms with Crippen LogP contribution in [0.4, 0.5) is 4.39 Å². The molecule has 8 heteroatoms. The van der Waals surface area contributed by atoms with Crippen LogP contribution in [0.3, 0.4) is 0 Å². The van der Waals surface area contributed by atoms with E-state index in [0.717, 1.165) is 0 Å². The molecule has 2 saturated heterocycles. The Balaban J connectivity index is 1.50. The number of likely N-dealkylation sites (tertiary alicyclic amines) is 1. The van der Waals surface area contributed by atoms with E-state index in [-0.39, 0.29) is 5.91 Å². The van der Waals surface area contributed by atoms with Gasteiger partial charge in [0, 0.05) is 36.5 Å². The van der Waals surface area contributed by atoms with Crippen LogP contribution in [-0.4, -0.2) is 52.7 Å². The zero-order valence-electron chi connectivity index (χ0n) is 16.8. The smallest absolute Gasteiger partial charge is 0.272 e. The van der Waals surface area contributed by atoms with E-state index < -0.39 is 11.6 Å². The number of hydrogen-bond acceptors (Lipinski definition) is 4. The highest BCUT2D eigenvalue weighted by atomic mass is 35.5. The van der Waals surface area contributed by atoms with Crippen molar-refractivity contribution < 1.29 is 18.7 Å². The molecule has 1 aromatic heterocycles. The highest BCUT2D eigenvalue weighted by Crippen LogP contribution is 2.32. The number of piperidine rings is 1. The van der Waals surface area contributed by atoms with Gasteiger partial charge in [-0.1, -0.05) is 23.7 Å². The molecule has 0 radical (unpaired) electrons. The van der Waals surface area contributed by atoms with Crippen LogP contribution < -0.4 is 0 Å². The van der Waals surface area contributed by atoms with Crippen LogP contribution in [0.15, 0.2) is 54.6 Å². The van der Waals surface area contributed by atoms with E-state index in [1.54, 1.807) is 58.1 Å². The van der Waals surface area contributed by atoms with E-state index in [9.17, 15) is 9.18 Å². The van der Waals surface area contributed by atoms with Gasteiger partial charge in [0.25, 0.3) is 5.91 Å². The summed E-state index contributed by atoms with van der Waals surface area (Å²) in [5, 5.41) is 5.14. The van der Waals surface area contributed by atoms with E-state index in [1.165, 1.54) is 6.07 Å². The van der Waals surface area contributed by atoms with E-state index in [1.807, 2.05) is 0 Å². The average molecular weight is 442 g/mol. The van der Waals surface area contributed by atoms with Gasteiger partial charge < -0.3 is 14.4 Å². The summed E-state index contributed by atoms with van der Waals surface area (Å²) in [4.78, 5) is 15.2. The topological polar surface area (TPSA) is 56.6 Å².